The quantitative estimate of drug-likeness (QED) is 0.674. The van der Waals surface area contributed by atoms with E-state index < -0.39 is 17.6 Å². The van der Waals surface area contributed by atoms with Gasteiger partial charge in [0.25, 0.3) is 5.91 Å². The van der Waals surface area contributed by atoms with Crippen LogP contribution >= 0.6 is 0 Å². The van der Waals surface area contributed by atoms with Crippen LogP contribution < -0.4 is 4.90 Å². The number of alkyl halides is 3. The first-order valence-corrected chi connectivity index (χ1v) is 8.19. The van der Waals surface area contributed by atoms with Gasteiger partial charge in [-0.3, -0.25) is 4.79 Å². The number of hydrogen-bond acceptors (Lipinski definition) is 6. The molecule has 1 aromatic carbocycles. The predicted molar refractivity (Wildman–Crippen MR) is 88.1 cm³/mol. The van der Waals surface area contributed by atoms with E-state index >= 15 is 0 Å². The van der Waals surface area contributed by atoms with E-state index in [9.17, 15) is 18.0 Å². The number of benzene rings is 1. The molecule has 0 N–H and O–H groups in total. The second kappa shape index (κ2) is 6.49. The Bertz CT molecular complexity index is 979. The molecule has 0 spiro atoms. The first-order chi connectivity index (χ1) is 12.9. The van der Waals surface area contributed by atoms with Gasteiger partial charge in [-0.05, 0) is 34.7 Å². The molecule has 8 nitrogen and oxygen atoms in total. The third kappa shape index (κ3) is 3.27. The smallest absolute Gasteiger partial charge is 0.352 e. The Morgan fingerprint density at radius 2 is 1.74 bits per heavy atom. The van der Waals surface area contributed by atoms with E-state index in [1.807, 2.05) is 4.90 Å². The molecule has 0 atom stereocenters. The van der Waals surface area contributed by atoms with Crippen molar-refractivity contribution in [3.05, 3.63) is 47.5 Å². The lowest BCUT2D eigenvalue weighted by Crippen LogP contribution is -2.49. The molecule has 1 fully saturated rings. The fourth-order valence-electron chi connectivity index (χ4n) is 3.03. The number of piperazine rings is 1. The maximum atomic E-state index is 13.2. The number of nitrogens with zero attached hydrogens (tertiary/aromatic N) is 7. The summed E-state index contributed by atoms with van der Waals surface area (Å²) in [4.78, 5) is 16.0. The molecule has 140 valence electrons. The van der Waals surface area contributed by atoms with Crippen molar-refractivity contribution in [3.63, 3.8) is 0 Å². The van der Waals surface area contributed by atoms with Crippen molar-refractivity contribution >= 4 is 17.4 Å². The van der Waals surface area contributed by atoms with E-state index in [4.69, 9.17) is 0 Å². The molecular weight excluding hydrogens is 363 g/mol. The van der Waals surface area contributed by atoms with Crippen LogP contribution in [0.2, 0.25) is 0 Å². The van der Waals surface area contributed by atoms with Gasteiger partial charge in [-0.15, -0.1) is 14.8 Å². The van der Waals surface area contributed by atoms with Gasteiger partial charge in [-0.2, -0.15) is 13.2 Å². The van der Waals surface area contributed by atoms with Crippen molar-refractivity contribution in [3.8, 4) is 0 Å². The van der Waals surface area contributed by atoms with Gasteiger partial charge in [0.1, 0.15) is 0 Å². The molecule has 27 heavy (non-hydrogen) atoms. The summed E-state index contributed by atoms with van der Waals surface area (Å²) in [5, 5.41) is 15.3. The summed E-state index contributed by atoms with van der Waals surface area (Å²) in [5.74, 6) is 0.0176. The van der Waals surface area contributed by atoms with Gasteiger partial charge in [0.2, 0.25) is 0 Å². The molecule has 1 amide bonds. The average Bonchev–Trinajstić information content (AvgIpc) is 3.15. The minimum absolute atomic E-state index is 0.292. The number of carbonyl (C=O) groups is 1. The van der Waals surface area contributed by atoms with Crippen LogP contribution in [-0.2, 0) is 6.18 Å². The lowest BCUT2D eigenvalue weighted by Gasteiger charge is -2.35. The van der Waals surface area contributed by atoms with Gasteiger partial charge in [-0.1, -0.05) is 12.1 Å². The number of rotatable bonds is 2. The molecule has 2 aromatic heterocycles. The minimum atomic E-state index is -4.57. The Kier molecular flexibility index (Phi) is 4.13. The summed E-state index contributed by atoms with van der Waals surface area (Å²) in [6, 6.07) is 8.34. The molecule has 1 saturated heterocycles. The van der Waals surface area contributed by atoms with E-state index in [1.165, 1.54) is 27.7 Å². The van der Waals surface area contributed by atoms with E-state index in [1.54, 1.807) is 12.1 Å². The summed E-state index contributed by atoms with van der Waals surface area (Å²) in [6.07, 6.45) is -4.57. The largest absolute Gasteiger partial charge is 0.417 e. The van der Waals surface area contributed by atoms with Crippen LogP contribution in [0.3, 0.4) is 0 Å². The van der Waals surface area contributed by atoms with E-state index in [-0.39, 0.29) is 5.56 Å². The molecule has 3 aromatic rings. The summed E-state index contributed by atoms with van der Waals surface area (Å²) in [7, 11) is 0. The van der Waals surface area contributed by atoms with E-state index in [0.717, 1.165) is 6.07 Å². The molecule has 1 aliphatic rings. The molecular formula is C16H14F3N7O. The number of halogens is 3. The van der Waals surface area contributed by atoms with Crippen LogP contribution in [0.25, 0.3) is 5.65 Å². The maximum Gasteiger partial charge on any atom is 0.417 e. The second-order valence-corrected chi connectivity index (χ2v) is 6.04. The van der Waals surface area contributed by atoms with Crippen molar-refractivity contribution in [1.82, 2.24) is 30.2 Å². The van der Waals surface area contributed by atoms with Crippen LogP contribution in [-0.4, -0.2) is 62.2 Å². The van der Waals surface area contributed by atoms with Crippen molar-refractivity contribution < 1.29 is 18.0 Å². The number of carbonyl (C=O) groups excluding carboxylic acids is 1. The number of fused-ring (bicyclic) bond motifs is 1. The average molecular weight is 377 g/mol. The summed E-state index contributed by atoms with van der Waals surface area (Å²) >= 11 is 0. The SMILES string of the molecule is O=C(c1ccccc1C(F)(F)F)N1CCN(c2ccc3nnnn3n2)CC1. The standard InChI is InChI=1S/C16H14F3N7O/c17-16(18,19)12-4-2-1-3-11(12)15(27)25-9-7-24(8-10-25)14-6-5-13-20-22-23-26(13)21-14/h1-6H,7-10H2. The Labute approximate surface area is 151 Å². The highest BCUT2D eigenvalue weighted by atomic mass is 19.4. The number of tetrazole rings is 1. The molecule has 0 bridgehead atoms. The molecule has 0 radical (unpaired) electrons. The normalized spacial score (nSPS) is 15.4. The van der Waals surface area contributed by atoms with Crippen LogP contribution in [0, 0.1) is 0 Å². The maximum absolute atomic E-state index is 13.2. The summed E-state index contributed by atoms with van der Waals surface area (Å²) in [6.45, 7) is 1.47. The van der Waals surface area contributed by atoms with Crippen molar-refractivity contribution in [2.75, 3.05) is 31.1 Å². The number of aromatic nitrogens is 5. The zero-order valence-electron chi connectivity index (χ0n) is 14.0. The third-order valence-corrected chi connectivity index (χ3v) is 4.41. The first kappa shape index (κ1) is 17.2. The highest BCUT2D eigenvalue weighted by molar-refractivity contribution is 5.96. The van der Waals surface area contributed by atoms with E-state index in [0.29, 0.717) is 37.6 Å². The highest BCUT2D eigenvalue weighted by Gasteiger charge is 2.36. The first-order valence-electron chi connectivity index (χ1n) is 8.19. The van der Waals surface area contributed by atoms with Crippen LogP contribution in [0.15, 0.2) is 36.4 Å². The fraction of sp³-hybridized carbons (Fsp3) is 0.312. The zero-order chi connectivity index (χ0) is 19.0. The Morgan fingerprint density at radius 3 is 2.48 bits per heavy atom. The van der Waals surface area contributed by atoms with Gasteiger partial charge in [0.05, 0.1) is 11.1 Å². The predicted octanol–water partition coefficient (Wildman–Crippen LogP) is 1.50. The third-order valence-electron chi connectivity index (χ3n) is 4.41. The number of anilines is 1. The highest BCUT2D eigenvalue weighted by Crippen LogP contribution is 2.32. The molecule has 11 heteroatoms. The van der Waals surface area contributed by atoms with Gasteiger partial charge in [0, 0.05) is 26.2 Å². The van der Waals surface area contributed by atoms with Gasteiger partial charge in [-0.25, -0.2) is 0 Å². The van der Waals surface area contributed by atoms with Crippen molar-refractivity contribution in [2.45, 2.75) is 6.18 Å². The van der Waals surface area contributed by atoms with Gasteiger partial charge >= 0.3 is 6.18 Å². The zero-order valence-corrected chi connectivity index (χ0v) is 14.0. The van der Waals surface area contributed by atoms with Gasteiger partial charge in [0.15, 0.2) is 11.5 Å². The Hall–Kier alpha value is -3.24. The molecule has 0 aliphatic carbocycles. The van der Waals surface area contributed by atoms with Crippen molar-refractivity contribution in [1.29, 1.82) is 0 Å². The van der Waals surface area contributed by atoms with Crippen molar-refractivity contribution in [2.24, 2.45) is 0 Å². The summed E-state index contributed by atoms with van der Waals surface area (Å²) in [5.41, 5.74) is -0.730. The lowest BCUT2D eigenvalue weighted by molar-refractivity contribution is -0.138. The number of hydrogen-bond donors (Lipinski definition) is 0. The topological polar surface area (TPSA) is 79.5 Å². The van der Waals surface area contributed by atoms with Crippen LogP contribution in [0.4, 0.5) is 19.0 Å². The molecule has 0 saturated carbocycles. The lowest BCUT2D eigenvalue weighted by atomic mass is 10.1. The molecule has 3 heterocycles. The van der Waals surface area contributed by atoms with E-state index in [2.05, 4.69) is 20.6 Å². The fourth-order valence-corrected chi connectivity index (χ4v) is 3.03. The summed E-state index contributed by atoms with van der Waals surface area (Å²) < 4.78 is 40.8. The molecule has 1 aliphatic heterocycles. The second-order valence-electron chi connectivity index (χ2n) is 6.04. The minimum Gasteiger partial charge on any atom is -0.352 e. The van der Waals surface area contributed by atoms with Gasteiger partial charge < -0.3 is 9.80 Å². The molecule has 4 rings (SSSR count). The Morgan fingerprint density at radius 1 is 1.00 bits per heavy atom. The van der Waals surface area contributed by atoms with Crippen LogP contribution in [0.5, 0.6) is 0 Å². The molecule has 0 unspecified atom stereocenters. The Balaban J connectivity index is 1.48. The number of amides is 1. The monoisotopic (exact) mass is 377 g/mol. The van der Waals surface area contributed by atoms with Crippen LogP contribution in [0.1, 0.15) is 15.9 Å².